The molecular weight excluding hydrogens is 362 g/mol. The van der Waals surface area contributed by atoms with Gasteiger partial charge in [0.25, 0.3) is 10.0 Å². The normalized spacial score (nSPS) is 16.0. The summed E-state index contributed by atoms with van der Waals surface area (Å²) in [5.41, 5.74) is 2.27. The van der Waals surface area contributed by atoms with Crippen LogP contribution in [0.15, 0.2) is 28.6 Å². The quantitative estimate of drug-likeness (QED) is 0.803. The van der Waals surface area contributed by atoms with E-state index in [4.69, 9.17) is 0 Å². The van der Waals surface area contributed by atoms with Gasteiger partial charge in [0.2, 0.25) is 15.4 Å². The first-order valence-corrected chi connectivity index (χ1v) is 10.0. The van der Waals surface area contributed by atoms with Gasteiger partial charge in [0.05, 0.1) is 0 Å². The van der Waals surface area contributed by atoms with E-state index in [-0.39, 0.29) is 15.4 Å². The van der Waals surface area contributed by atoms with Crippen molar-refractivity contribution in [1.82, 2.24) is 14.5 Å². The van der Waals surface area contributed by atoms with E-state index in [0.717, 1.165) is 17.0 Å². The molecule has 1 aliphatic heterocycles. The number of benzene rings is 1. The Bertz CT molecular complexity index is 873. The zero-order valence-corrected chi connectivity index (χ0v) is 15.6. The Morgan fingerprint density at radius 1 is 1.20 bits per heavy atom. The van der Waals surface area contributed by atoms with E-state index in [2.05, 4.69) is 26.5 Å². The summed E-state index contributed by atoms with van der Waals surface area (Å²) >= 11 is 0.864. The lowest BCUT2D eigenvalue weighted by Gasteiger charge is -2.34. The summed E-state index contributed by atoms with van der Waals surface area (Å²) in [6.07, 6.45) is 0. The van der Waals surface area contributed by atoms with E-state index in [1.165, 1.54) is 16.8 Å². The van der Waals surface area contributed by atoms with Gasteiger partial charge >= 0.3 is 0 Å². The minimum atomic E-state index is -3.69. The van der Waals surface area contributed by atoms with Crippen LogP contribution in [0.3, 0.4) is 0 Å². The molecule has 1 aliphatic rings. The van der Waals surface area contributed by atoms with Crippen LogP contribution in [0.1, 0.15) is 12.5 Å². The number of nitrogens with one attached hydrogen (secondary N) is 1. The van der Waals surface area contributed by atoms with Gasteiger partial charge in [0.15, 0.2) is 0 Å². The highest BCUT2D eigenvalue weighted by Gasteiger charge is 2.31. The summed E-state index contributed by atoms with van der Waals surface area (Å²) in [5, 5.41) is 10.1. The second-order valence-electron chi connectivity index (χ2n) is 5.78. The van der Waals surface area contributed by atoms with Gasteiger partial charge in [-0.1, -0.05) is 23.5 Å². The van der Waals surface area contributed by atoms with Gasteiger partial charge in [-0.25, -0.2) is 8.42 Å². The fourth-order valence-corrected chi connectivity index (χ4v) is 5.14. The van der Waals surface area contributed by atoms with Crippen LogP contribution in [0.2, 0.25) is 0 Å². The number of sulfonamides is 1. The van der Waals surface area contributed by atoms with Gasteiger partial charge in [-0.15, -0.1) is 10.2 Å². The standard InChI is InChI=1S/C15H19N5O3S2/c1-11-4-3-5-13(10-11)19-6-8-20(9-7-19)25(22,23)15-18-17-14(24-15)16-12(2)21/h3-5,10H,6-9H2,1-2H3,(H,16,17,21). The van der Waals surface area contributed by atoms with Crippen LogP contribution >= 0.6 is 11.3 Å². The zero-order valence-electron chi connectivity index (χ0n) is 14.0. The summed E-state index contributed by atoms with van der Waals surface area (Å²) in [5.74, 6) is -0.313. The largest absolute Gasteiger partial charge is 0.369 e. The number of carbonyl (C=O) groups excluding carboxylic acids is 1. The first-order valence-electron chi connectivity index (χ1n) is 7.79. The maximum atomic E-state index is 12.7. The highest BCUT2D eigenvalue weighted by atomic mass is 32.2. The lowest BCUT2D eigenvalue weighted by atomic mass is 10.2. The van der Waals surface area contributed by atoms with Crippen LogP contribution in [0, 0.1) is 6.92 Å². The molecule has 1 saturated heterocycles. The second kappa shape index (κ2) is 7.06. The maximum absolute atomic E-state index is 12.7. The van der Waals surface area contributed by atoms with E-state index in [1.807, 2.05) is 25.1 Å². The van der Waals surface area contributed by atoms with E-state index in [0.29, 0.717) is 26.2 Å². The molecule has 0 radical (unpaired) electrons. The zero-order chi connectivity index (χ0) is 18.0. The average molecular weight is 381 g/mol. The topological polar surface area (TPSA) is 95.5 Å². The van der Waals surface area contributed by atoms with Gasteiger partial charge in [-0.05, 0) is 24.6 Å². The van der Waals surface area contributed by atoms with Gasteiger partial charge in [-0.3, -0.25) is 4.79 Å². The number of piperazine rings is 1. The summed E-state index contributed by atoms with van der Waals surface area (Å²) < 4.78 is 26.7. The number of hydrogen-bond acceptors (Lipinski definition) is 7. The number of anilines is 2. The molecule has 2 heterocycles. The molecule has 0 unspecified atom stereocenters. The van der Waals surface area contributed by atoms with Crippen LogP contribution in [0.5, 0.6) is 0 Å². The molecule has 10 heteroatoms. The van der Waals surface area contributed by atoms with Crippen molar-refractivity contribution in [2.24, 2.45) is 0 Å². The smallest absolute Gasteiger partial charge is 0.272 e. The molecule has 1 amide bonds. The van der Waals surface area contributed by atoms with Crippen molar-refractivity contribution < 1.29 is 13.2 Å². The van der Waals surface area contributed by atoms with Crippen LogP contribution in [-0.2, 0) is 14.8 Å². The number of aryl methyl sites for hydroxylation is 1. The molecule has 134 valence electrons. The summed E-state index contributed by atoms with van der Waals surface area (Å²) in [7, 11) is -3.69. The van der Waals surface area contributed by atoms with Crippen LogP contribution in [-0.4, -0.2) is 55.0 Å². The Morgan fingerprint density at radius 2 is 1.92 bits per heavy atom. The van der Waals surface area contributed by atoms with Crippen LogP contribution in [0.25, 0.3) is 0 Å². The van der Waals surface area contributed by atoms with E-state index < -0.39 is 10.0 Å². The second-order valence-corrected chi connectivity index (χ2v) is 8.87. The molecule has 0 aliphatic carbocycles. The minimum absolute atomic E-state index is 0.0970. The number of aromatic nitrogens is 2. The van der Waals surface area contributed by atoms with Gasteiger partial charge in [0, 0.05) is 38.8 Å². The predicted molar refractivity (Wildman–Crippen MR) is 96.4 cm³/mol. The van der Waals surface area contributed by atoms with Crippen LogP contribution < -0.4 is 10.2 Å². The molecule has 8 nitrogen and oxygen atoms in total. The minimum Gasteiger partial charge on any atom is -0.369 e. The van der Waals surface area contributed by atoms with Gasteiger partial charge in [-0.2, -0.15) is 4.31 Å². The van der Waals surface area contributed by atoms with Crippen LogP contribution in [0.4, 0.5) is 10.8 Å². The highest BCUT2D eigenvalue weighted by Crippen LogP contribution is 2.25. The molecule has 25 heavy (non-hydrogen) atoms. The molecule has 0 atom stereocenters. The van der Waals surface area contributed by atoms with Gasteiger partial charge in [0.1, 0.15) is 0 Å². The Labute approximate surface area is 150 Å². The fraction of sp³-hybridized carbons (Fsp3) is 0.400. The van der Waals surface area contributed by atoms with Gasteiger partial charge < -0.3 is 10.2 Å². The van der Waals surface area contributed by atoms with Crippen molar-refractivity contribution in [3.63, 3.8) is 0 Å². The lowest BCUT2D eigenvalue weighted by molar-refractivity contribution is -0.114. The Balaban J connectivity index is 1.69. The number of rotatable bonds is 4. The number of nitrogens with zero attached hydrogens (tertiary/aromatic N) is 4. The molecule has 1 aromatic heterocycles. The maximum Gasteiger partial charge on any atom is 0.272 e. The van der Waals surface area contributed by atoms with Crippen molar-refractivity contribution >= 4 is 38.1 Å². The van der Waals surface area contributed by atoms with Crippen molar-refractivity contribution in [3.8, 4) is 0 Å². The first kappa shape index (κ1) is 17.8. The molecule has 0 saturated carbocycles. The molecule has 1 aromatic carbocycles. The number of carbonyl (C=O) groups is 1. The Morgan fingerprint density at radius 3 is 2.56 bits per heavy atom. The van der Waals surface area contributed by atoms with Crippen molar-refractivity contribution in [2.45, 2.75) is 18.2 Å². The van der Waals surface area contributed by atoms with E-state index >= 15 is 0 Å². The third kappa shape index (κ3) is 3.97. The van der Waals surface area contributed by atoms with E-state index in [9.17, 15) is 13.2 Å². The Hall–Kier alpha value is -2.04. The molecule has 2 aromatic rings. The third-order valence-electron chi connectivity index (χ3n) is 3.86. The molecule has 0 spiro atoms. The van der Waals surface area contributed by atoms with Crippen molar-refractivity contribution in [2.75, 3.05) is 36.4 Å². The molecule has 3 rings (SSSR count). The first-order chi connectivity index (χ1) is 11.9. The molecule has 0 bridgehead atoms. The average Bonchev–Trinajstić information content (AvgIpc) is 3.03. The van der Waals surface area contributed by atoms with E-state index in [1.54, 1.807) is 0 Å². The SMILES string of the molecule is CC(=O)Nc1nnc(S(=O)(=O)N2CCN(c3cccc(C)c3)CC2)s1. The number of hydrogen-bond donors (Lipinski definition) is 1. The number of amides is 1. The summed E-state index contributed by atoms with van der Waals surface area (Å²) in [6, 6.07) is 8.15. The van der Waals surface area contributed by atoms with Crippen molar-refractivity contribution in [1.29, 1.82) is 0 Å². The third-order valence-corrected chi connectivity index (χ3v) is 6.94. The Kier molecular flexibility index (Phi) is 5.02. The summed E-state index contributed by atoms with van der Waals surface area (Å²) in [4.78, 5) is 13.2. The van der Waals surface area contributed by atoms with Crippen molar-refractivity contribution in [3.05, 3.63) is 29.8 Å². The summed E-state index contributed by atoms with van der Waals surface area (Å²) in [6.45, 7) is 5.35. The lowest BCUT2D eigenvalue weighted by Crippen LogP contribution is -2.48. The molecule has 1 N–H and O–H groups in total. The fourth-order valence-electron chi connectivity index (χ4n) is 2.64. The highest BCUT2D eigenvalue weighted by molar-refractivity contribution is 7.91. The predicted octanol–water partition coefficient (Wildman–Crippen LogP) is 1.32. The molecule has 1 fully saturated rings. The monoisotopic (exact) mass is 381 g/mol. The molecular formula is C15H19N5O3S2.